The SMILES string of the molecule is O=C(O)C(CC1CCOCC1)NS(=O)(=O)Cc1ccon1. The largest absolute Gasteiger partial charge is 0.480 e. The van der Waals surface area contributed by atoms with Crippen LogP contribution in [0.2, 0.25) is 0 Å². The van der Waals surface area contributed by atoms with Crippen LogP contribution in [0.3, 0.4) is 0 Å². The number of aromatic nitrogens is 1. The van der Waals surface area contributed by atoms with Gasteiger partial charge in [0.1, 0.15) is 18.1 Å². The highest BCUT2D eigenvalue weighted by atomic mass is 32.2. The molecule has 1 aromatic rings. The third kappa shape index (κ3) is 5.10. The fourth-order valence-corrected chi connectivity index (χ4v) is 3.53. The molecule has 0 aliphatic carbocycles. The molecule has 0 amide bonds. The lowest BCUT2D eigenvalue weighted by Gasteiger charge is -2.25. The third-order valence-corrected chi connectivity index (χ3v) is 4.68. The molecule has 1 fully saturated rings. The monoisotopic (exact) mass is 318 g/mol. The minimum atomic E-state index is -3.78. The van der Waals surface area contributed by atoms with Crippen molar-refractivity contribution in [1.29, 1.82) is 0 Å². The Kier molecular flexibility index (Phi) is 5.32. The Labute approximate surface area is 122 Å². The minimum absolute atomic E-state index is 0.148. The summed E-state index contributed by atoms with van der Waals surface area (Å²) in [6, 6.07) is 0.290. The molecule has 0 spiro atoms. The van der Waals surface area contributed by atoms with E-state index >= 15 is 0 Å². The van der Waals surface area contributed by atoms with E-state index in [0.29, 0.717) is 13.2 Å². The average Bonchev–Trinajstić information content (AvgIpc) is 2.91. The number of nitrogens with one attached hydrogen (secondary N) is 1. The molecule has 1 aliphatic heterocycles. The number of ether oxygens (including phenoxy) is 1. The van der Waals surface area contributed by atoms with E-state index in [4.69, 9.17) is 4.74 Å². The van der Waals surface area contributed by atoms with Crippen LogP contribution in [0.15, 0.2) is 16.9 Å². The Balaban J connectivity index is 1.96. The third-order valence-electron chi connectivity index (χ3n) is 3.36. The summed E-state index contributed by atoms with van der Waals surface area (Å²) in [5.41, 5.74) is 0.234. The van der Waals surface area contributed by atoms with Gasteiger partial charge >= 0.3 is 5.97 Å². The molecule has 2 heterocycles. The number of carboxylic acid groups (broad SMARTS) is 1. The van der Waals surface area contributed by atoms with Gasteiger partial charge < -0.3 is 14.4 Å². The molecular formula is C12H18N2O6S. The Morgan fingerprint density at radius 3 is 2.76 bits per heavy atom. The number of hydrogen-bond acceptors (Lipinski definition) is 6. The van der Waals surface area contributed by atoms with Crippen molar-refractivity contribution < 1.29 is 27.6 Å². The van der Waals surface area contributed by atoms with Crippen LogP contribution in [0.5, 0.6) is 0 Å². The van der Waals surface area contributed by atoms with Crippen molar-refractivity contribution in [1.82, 2.24) is 9.88 Å². The standard InChI is InChI=1S/C12H18N2O6S/c15-12(16)11(7-9-1-4-19-5-2-9)14-21(17,18)8-10-3-6-20-13-10/h3,6,9,11,14H,1-2,4-5,7-8H2,(H,15,16). The summed E-state index contributed by atoms with van der Waals surface area (Å²) in [6.07, 6.45) is 3.02. The van der Waals surface area contributed by atoms with Crippen LogP contribution in [-0.2, 0) is 25.3 Å². The van der Waals surface area contributed by atoms with Crippen LogP contribution < -0.4 is 4.72 Å². The molecule has 2 rings (SSSR count). The van der Waals surface area contributed by atoms with Gasteiger partial charge in [-0.25, -0.2) is 13.1 Å². The van der Waals surface area contributed by atoms with E-state index < -0.39 is 27.8 Å². The molecule has 21 heavy (non-hydrogen) atoms. The molecule has 1 aromatic heterocycles. The summed E-state index contributed by atoms with van der Waals surface area (Å²) >= 11 is 0. The molecule has 1 atom stereocenters. The first-order valence-corrected chi connectivity index (χ1v) is 8.31. The highest BCUT2D eigenvalue weighted by Crippen LogP contribution is 2.20. The van der Waals surface area contributed by atoms with Crippen LogP contribution in [0.1, 0.15) is 25.0 Å². The summed E-state index contributed by atoms with van der Waals surface area (Å²) in [5.74, 6) is -1.43. The molecule has 1 saturated heterocycles. The molecule has 118 valence electrons. The first kappa shape index (κ1) is 15.9. The second-order valence-electron chi connectivity index (χ2n) is 5.05. The number of carboxylic acids is 1. The highest BCUT2D eigenvalue weighted by molar-refractivity contribution is 7.88. The van der Waals surface area contributed by atoms with Gasteiger partial charge in [-0.2, -0.15) is 0 Å². The number of carbonyl (C=O) groups is 1. The van der Waals surface area contributed by atoms with Gasteiger partial charge in [0.15, 0.2) is 0 Å². The Morgan fingerprint density at radius 2 is 2.19 bits per heavy atom. The van der Waals surface area contributed by atoms with E-state index in [1.165, 1.54) is 12.3 Å². The lowest BCUT2D eigenvalue weighted by atomic mass is 9.93. The maximum atomic E-state index is 12.0. The van der Waals surface area contributed by atoms with Crippen LogP contribution in [-0.4, -0.2) is 43.9 Å². The van der Waals surface area contributed by atoms with Gasteiger partial charge in [0, 0.05) is 19.3 Å². The van der Waals surface area contributed by atoms with E-state index in [2.05, 4.69) is 14.4 Å². The number of sulfonamides is 1. The molecule has 8 nitrogen and oxygen atoms in total. The predicted octanol–water partition coefficient (Wildman–Crippen LogP) is 0.364. The molecule has 2 N–H and O–H groups in total. The van der Waals surface area contributed by atoms with E-state index in [9.17, 15) is 18.3 Å². The number of rotatable bonds is 7. The number of nitrogens with zero attached hydrogens (tertiary/aromatic N) is 1. The topological polar surface area (TPSA) is 119 Å². The fraction of sp³-hybridized carbons (Fsp3) is 0.667. The van der Waals surface area contributed by atoms with E-state index in [1.807, 2.05) is 0 Å². The molecule has 0 saturated carbocycles. The van der Waals surface area contributed by atoms with Crippen molar-refractivity contribution in [3.8, 4) is 0 Å². The maximum absolute atomic E-state index is 12.0. The second kappa shape index (κ2) is 7.01. The summed E-state index contributed by atoms with van der Waals surface area (Å²) in [5, 5.41) is 12.7. The smallest absolute Gasteiger partial charge is 0.321 e. The normalized spacial score (nSPS) is 18.5. The molecule has 0 aromatic carbocycles. The van der Waals surface area contributed by atoms with Gasteiger partial charge in [0.05, 0.1) is 5.69 Å². The summed E-state index contributed by atoms with van der Waals surface area (Å²) in [4.78, 5) is 11.3. The fourth-order valence-electron chi connectivity index (χ4n) is 2.28. The van der Waals surface area contributed by atoms with E-state index in [-0.39, 0.29) is 18.0 Å². The van der Waals surface area contributed by atoms with E-state index in [1.54, 1.807) is 0 Å². The zero-order chi connectivity index (χ0) is 15.3. The summed E-state index contributed by atoms with van der Waals surface area (Å²) in [7, 11) is -3.78. The molecule has 1 aliphatic rings. The van der Waals surface area contributed by atoms with Crippen LogP contribution >= 0.6 is 0 Å². The molecule has 0 bridgehead atoms. The Hall–Kier alpha value is -1.45. The summed E-state index contributed by atoms with van der Waals surface area (Å²) in [6.45, 7) is 1.17. The molecular weight excluding hydrogens is 300 g/mol. The molecule has 0 radical (unpaired) electrons. The quantitative estimate of drug-likeness (QED) is 0.745. The zero-order valence-electron chi connectivity index (χ0n) is 11.4. The van der Waals surface area contributed by atoms with Crippen molar-refractivity contribution in [3.05, 3.63) is 18.0 Å². The van der Waals surface area contributed by atoms with Crippen molar-refractivity contribution in [2.75, 3.05) is 13.2 Å². The lowest BCUT2D eigenvalue weighted by molar-refractivity contribution is -0.139. The van der Waals surface area contributed by atoms with Crippen LogP contribution in [0, 0.1) is 5.92 Å². The van der Waals surface area contributed by atoms with Crippen molar-refractivity contribution >= 4 is 16.0 Å². The first-order chi connectivity index (χ1) is 9.96. The van der Waals surface area contributed by atoms with Gasteiger partial charge in [0.2, 0.25) is 10.0 Å². The second-order valence-corrected chi connectivity index (χ2v) is 6.80. The Bertz CT molecular complexity index is 550. The van der Waals surface area contributed by atoms with Gasteiger partial charge in [0.25, 0.3) is 0 Å². The number of aliphatic carboxylic acids is 1. The Morgan fingerprint density at radius 1 is 1.48 bits per heavy atom. The predicted molar refractivity (Wildman–Crippen MR) is 71.8 cm³/mol. The molecule has 1 unspecified atom stereocenters. The first-order valence-electron chi connectivity index (χ1n) is 6.66. The lowest BCUT2D eigenvalue weighted by Crippen LogP contribution is -2.43. The summed E-state index contributed by atoms with van der Waals surface area (Å²) < 4.78 is 35.9. The van der Waals surface area contributed by atoms with Crippen molar-refractivity contribution in [2.45, 2.75) is 31.1 Å². The maximum Gasteiger partial charge on any atom is 0.321 e. The molecule has 9 heteroatoms. The average molecular weight is 318 g/mol. The van der Waals surface area contributed by atoms with Crippen molar-refractivity contribution in [2.24, 2.45) is 5.92 Å². The van der Waals surface area contributed by atoms with E-state index in [0.717, 1.165) is 12.8 Å². The van der Waals surface area contributed by atoms with Crippen molar-refractivity contribution in [3.63, 3.8) is 0 Å². The minimum Gasteiger partial charge on any atom is -0.480 e. The van der Waals surface area contributed by atoms with Gasteiger partial charge in [-0.05, 0) is 25.2 Å². The van der Waals surface area contributed by atoms with Gasteiger partial charge in [-0.3, -0.25) is 4.79 Å². The van der Waals surface area contributed by atoms with Crippen LogP contribution in [0.4, 0.5) is 0 Å². The van der Waals surface area contributed by atoms with Gasteiger partial charge in [-0.15, -0.1) is 0 Å². The van der Waals surface area contributed by atoms with Crippen LogP contribution in [0.25, 0.3) is 0 Å². The number of hydrogen-bond donors (Lipinski definition) is 2. The zero-order valence-corrected chi connectivity index (χ0v) is 12.2. The highest BCUT2D eigenvalue weighted by Gasteiger charge is 2.28. The van der Waals surface area contributed by atoms with Gasteiger partial charge in [-0.1, -0.05) is 5.16 Å².